The molecule has 2 unspecified atom stereocenters. The van der Waals surface area contributed by atoms with Gasteiger partial charge in [0.15, 0.2) is 0 Å². The first kappa shape index (κ1) is 25.3. The molecule has 0 aliphatic rings. The summed E-state index contributed by atoms with van der Waals surface area (Å²) in [5, 5.41) is 29.2. The third kappa shape index (κ3) is 63.3. The second kappa shape index (κ2) is 24.6. The minimum atomic E-state index is -0.366. The average Bonchev–Trinajstić information content (AvgIpc) is 2.20. The number of rotatable bonds is 4. The van der Waals surface area contributed by atoms with Crippen LogP contribution in [0.25, 0.3) is 0 Å². The van der Waals surface area contributed by atoms with Crippen LogP contribution in [0.4, 0.5) is 0 Å². The normalized spacial score (nSPS) is 12.0. The van der Waals surface area contributed by atoms with Gasteiger partial charge in [-0.2, -0.15) is 0 Å². The van der Waals surface area contributed by atoms with Gasteiger partial charge in [0.25, 0.3) is 0 Å². The maximum absolute atomic E-state index is 9.90. The van der Waals surface area contributed by atoms with E-state index >= 15 is 0 Å². The fourth-order valence-electron chi connectivity index (χ4n) is 0.0833. The van der Waals surface area contributed by atoms with Gasteiger partial charge in [0.2, 0.25) is 0 Å². The molecule has 0 aromatic rings. The summed E-state index contributed by atoms with van der Waals surface area (Å²) in [6.07, 6.45) is 0.769. The van der Waals surface area contributed by atoms with Crippen molar-refractivity contribution in [1.29, 1.82) is 0 Å². The van der Waals surface area contributed by atoms with Gasteiger partial charge in [0, 0.05) is 13.7 Å². The number of ether oxygens (including phenoxy) is 1. The van der Waals surface area contributed by atoms with Crippen LogP contribution in [-0.2, 0) is 4.74 Å². The Morgan fingerprint density at radius 1 is 1.00 bits per heavy atom. The minimum Gasteiger partial charge on any atom is -0.853 e. The van der Waals surface area contributed by atoms with E-state index in [4.69, 9.17) is 0 Å². The van der Waals surface area contributed by atoms with Gasteiger partial charge in [-0.05, 0) is 0 Å². The SMILES string of the molecule is CCC(C)[O-].CCC(C)[O-].COCC[O-].[Al+3]. The molecule has 0 heterocycles. The molecule has 0 aliphatic carbocycles. The summed E-state index contributed by atoms with van der Waals surface area (Å²) >= 11 is 0. The number of hydrogen-bond donors (Lipinski definition) is 0. The zero-order chi connectivity index (χ0) is 12.7. The van der Waals surface area contributed by atoms with Crippen molar-refractivity contribution < 1.29 is 20.1 Å². The zero-order valence-corrected chi connectivity index (χ0v) is 12.3. The summed E-state index contributed by atoms with van der Waals surface area (Å²) in [5.74, 6) is 0. The van der Waals surface area contributed by atoms with E-state index in [2.05, 4.69) is 4.74 Å². The van der Waals surface area contributed by atoms with Crippen LogP contribution in [0.1, 0.15) is 40.5 Å². The molecule has 0 rings (SSSR count). The van der Waals surface area contributed by atoms with Crippen molar-refractivity contribution in [1.82, 2.24) is 0 Å². The van der Waals surface area contributed by atoms with Crippen LogP contribution in [0, 0.1) is 0 Å². The Kier molecular flexibility index (Phi) is 38.8. The summed E-state index contributed by atoms with van der Waals surface area (Å²) in [7, 11) is 1.51. The van der Waals surface area contributed by atoms with Crippen molar-refractivity contribution in [2.24, 2.45) is 0 Å². The summed E-state index contributed by atoms with van der Waals surface area (Å²) in [5.41, 5.74) is 0. The van der Waals surface area contributed by atoms with Gasteiger partial charge in [0.1, 0.15) is 0 Å². The van der Waals surface area contributed by atoms with E-state index in [1.165, 1.54) is 7.11 Å². The molecule has 0 N–H and O–H groups in total. The van der Waals surface area contributed by atoms with Crippen LogP contribution >= 0.6 is 0 Å². The molecule has 0 aromatic carbocycles. The summed E-state index contributed by atoms with van der Waals surface area (Å²) in [6, 6.07) is 0. The Morgan fingerprint density at radius 2 is 1.25 bits per heavy atom. The van der Waals surface area contributed by atoms with Crippen LogP contribution in [0.2, 0.25) is 0 Å². The molecule has 0 saturated carbocycles. The maximum Gasteiger partial charge on any atom is 3.00 e. The van der Waals surface area contributed by atoms with E-state index in [9.17, 15) is 15.3 Å². The van der Waals surface area contributed by atoms with Crippen LogP contribution < -0.4 is 15.3 Å². The van der Waals surface area contributed by atoms with Gasteiger partial charge < -0.3 is 20.1 Å². The molecular weight excluding hydrogens is 223 g/mol. The molecule has 0 aliphatic heterocycles. The average molecular weight is 248 g/mol. The van der Waals surface area contributed by atoms with Crippen LogP contribution in [0.15, 0.2) is 0 Å². The minimum absolute atomic E-state index is 0. The van der Waals surface area contributed by atoms with Crippen molar-refractivity contribution in [3.05, 3.63) is 0 Å². The van der Waals surface area contributed by atoms with Crippen molar-refractivity contribution in [3.8, 4) is 0 Å². The smallest absolute Gasteiger partial charge is 0.853 e. The molecule has 16 heavy (non-hydrogen) atoms. The van der Waals surface area contributed by atoms with Gasteiger partial charge in [-0.25, -0.2) is 0 Å². The topological polar surface area (TPSA) is 78.4 Å². The molecule has 0 fully saturated rings. The van der Waals surface area contributed by atoms with Crippen LogP contribution in [0.3, 0.4) is 0 Å². The predicted octanol–water partition coefficient (Wildman–Crippen LogP) is -1.10. The Labute approximate surface area is 111 Å². The van der Waals surface area contributed by atoms with Crippen molar-refractivity contribution >= 4 is 17.4 Å². The molecule has 4 nitrogen and oxygen atoms in total. The molecule has 0 saturated heterocycles. The first-order valence-corrected chi connectivity index (χ1v) is 5.34. The van der Waals surface area contributed by atoms with Gasteiger partial charge in [-0.3, -0.25) is 0 Å². The third-order valence-corrected chi connectivity index (χ3v) is 1.44. The zero-order valence-electron chi connectivity index (χ0n) is 11.2. The largest absolute Gasteiger partial charge is 3.00 e. The number of hydrogen-bond acceptors (Lipinski definition) is 4. The quantitative estimate of drug-likeness (QED) is 0.592. The Morgan fingerprint density at radius 3 is 1.25 bits per heavy atom. The van der Waals surface area contributed by atoms with Gasteiger partial charge in [-0.1, -0.05) is 40.5 Å². The number of methoxy groups -OCH3 is 1. The van der Waals surface area contributed by atoms with Crippen LogP contribution in [0.5, 0.6) is 0 Å². The van der Waals surface area contributed by atoms with E-state index in [1.54, 1.807) is 13.8 Å². The Bertz CT molecular complexity index is 80.1. The summed E-state index contributed by atoms with van der Waals surface area (Å²) in [6.45, 7) is 7.31. The van der Waals surface area contributed by atoms with E-state index in [1.807, 2.05) is 13.8 Å². The first-order valence-electron chi connectivity index (χ1n) is 5.34. The molecule has 5 heteroatoms. The molecule has 0 aromatic heterocycles. The molecular formula is C11H25AlO4. The standard InChI is InChI=1S/2C4H9O.C3H7O2.Al/c2*1-3-4(2)5;1-5-3-2-4;/h2*4H,3H2,1-2H3;2-3H2,1H3;/q3*-1;+3. The van der Waals surface area contributed by atoms with E-state index in [0.29, 0.717) is 6.61 Å². The van der Waals surface area contributed by atoms with Crippen molar-refractivity contribution in [3.63, 3.8) is 0 Å². The second-order valence-corrected chi connectivity index (χ2v) is 3.13. The third-order valence-electron chi connectivity index (χ3n) is 1.44. The fourth-order valence-corrected chi connectivity index (χ4v) is 0.0833. The van der Waals surface area contributed by atoms with E-state index in [0.717, 1.165) is 12.8 Å². The Balaban J connectivity index is -0.0000000655. The van der Waals surface area contributed by atoms with Gasteiger partial charge in [0.05, 0.1) is 0 Å². The fraction of sp³-hybridized carbons (Fsp3) is 1.00. The molecule has 0 amide bonds. The van der Waals surface area contributed by atoms with E-state index in [-0.39, 0.29) is 36.2 Å². The van der Waals surface area contributed by atoms with Crippen LogP contribution in [-0.4, -0.2) is 49.9 Å². The van der Waals surface area contributed by atoms with Gasteiger partial charge >= 0.3 is 17.4 Å². The molecule has 0 radical (unpaired) electrons. The second-order valence-electron chi connectivity index (χ2n) is 3.13. The monoisotopic (exact) mass is 248 g/mol. The van der Waals surface area contributed by atoms with Crippen molar-refractivity contribution in [2.45, 2.75) is 52.7 Å². The molecule has 96 valence electrons. The summed E-state index contributed by atoms with van der Waals surface area (Å²) < 4.78 is 4.38. The van der Waals surface area contributed by atoms with Gasteiger partial charge in [-0.15, -0.1) is 18.8 Å². The predicted molar refractivity (Wildman–Crippen MR) is 62.0 cm³/mol. The Hall–Kier alpha value is 0.372. The first-order chi connectivity index (χ1) is 6.95. The molecule has 0 bridgehead atoms. The molecule has 2 atom stereocenters. The molecule has 0 spiro atoms. The van der Waals surface area contributed by atoms with E-state index < -0.39 is 0 Å². The summed E-state index contributed by atoms with van der Waals surface area (Å²) in [4.78, 5) is 0. The maximum atomic E-state index is 9.90. The van der Waals surface area contributed by atoms with Crippen molar-refractivity contribution in [2.75, 3.05) is 20.3 Å².